The lowest BCUT2D eigenvalue weighted by Gasteiger charge is -2.38. The van der Waals surface area contributed by atoms with Gasteiger partial charge in [-0.3, -0.25) is 4.79 Å². The summed E-state index contributed by atoms with van der Waals surface area (Å²) in [5.41, 5.74) is 0.529. The van der Waals surface area contributed by atoms with Crippen molar-refractivity contribution in [2.75, 3.05) is 13.7 Å². The van der Waals surface area contributed by atoms with Gasteiger partial charge in [0.25, 0.3) is 5.91 Å². The van der Waals surface area contributed by atoms with E-state index in [1.54, 1.807) is 24.3 Å². The molecule has 0 aliphatic carbocycles. The highest BCUT2D eigenvalue weighted by atomic mass is 16.7. The molecule has 1 saturated heterocycles. The molecule has 0 saturated carbocycles. The van der Waals surface area contributed by atoms with E-state index in [0.29, 0.717) is 5.56 Å². The predicted octanol–water partition coefficient (Wildman–Crippen LogP) is -0.100. The lowest BCUT2D eigenvalue weighted by atomic mass is 10.0. The lowest BCUT2D eigenvalue weighted by Crippen LogP contribution is -2.56. The number of nitrogens with one attached hydrogen (secondary N) is 1. The Kier molecular flexibility index (Phi) is 5.08. The van der Waals surface area contributed by atoms with Crippen LogP contribution in [0.1, 0.15) is 16.8 Å². The maximum absolute atomic E-state index is 12.1. The Morgan fingerprint density at radius 3 is 2.75 bits per heavy atom. The highest BCUT2D eigenvalue weighted by Crippen LogP contribution is 2.21. The van der Waals surface area contributed by atoms with Gasteiger partial charge in [0.1, 0.15) is 6.10 Å². The fourth-order valence-corrected chi connectivity index (χ4v) is 2.23. The maximum atomic E-state index is 12.1. The number of aliphatic hydroxyl groups excluding tert-OH is 2. The Balaban J connectivity index is 2.02. The van der Waals surface area contributed by atoms with Gasteiger partial charge >= 0.3 is 0 Å². The van der Waals surface area contributed by atoms with E-state index in [0.717, 1.165) is 0 Å². The summed E-state index contributed by atoms with van der Waals surface area (Å²) in [6, 6.07) is 8.31. The van der Waals surface area contributed by atoms with E-state index in [1.165, 1.54) is 7.11 Å². The summed E-state index contributed by atoms with van der Waals surface area (Å²) in [7, 11) is 1.46. The van der Waals surface area contributed by atoms with Gasteiger partial charge in [-0.2, -0.15) is 0 Å². The highest BCUT2D eigenvalue weighted by molar-refractivity contribution is 5.94. The van der Waals surface area contributed by atoms with Crippen molar-refractivity contribution in [3.63, 3.8) is 0 Å². The molecule has 2 rings (SSSR count). The number of benzene rings is 1. The third-order valence-corrected chi connectivity index (χ3v) is 3.33. The molecule has 0 unspecified atom stereocenters. The van der Waals surface area contributed by atoms with Crippen molar-refractivity contribution in [1.82, 2.24) is 5.32 Å². The lowest BCUT2D eigenvalue weighted by molar-refractivity contribution is -0.230. The summed E-state index contributed by atoms with van der Waals surface area (Å²) in [4.78, 5) is 12.1. The van der Waals surface area contributed by atoms with E-state index >= 15 is 0 Å². The Labute approximate surface area is 117 Å². The van der Waals surface area contributed by atoms with Crippen LogP contribution in [0.4, 0.5) is 0 Å². The fraction of sp³-hybridized carbons (Fsp3) is 0.500. The first-order valence-electron chi connectivity index (χ1n) is 6.48. The first kappa shape index (κ1) is 14.9. The van der Waals surface area contributed by atoms with Crippen LogP contribution >= 0.6 is 0 Å². The average Bonchev–Trinajstić information content (AvgIpc) is 2.48. The summed E-state index contributed by atoms with van der Waals surface area (Å²) in [6.07, 6.45) is -1.96. The van der Waals surface area contributed by atoms with Gasteiger partial charge in [-0.1, -0.05) is 18.2 Å². The predicted molar refractivity (Wildman–Crippen MR) is 71.1 cm³/mol. The van der Waals surface area contributed by atoms with Crippen molar-refractivity contribution in [3.8, 4) is 0 Å². The van der Waals surface area contributed by atoms with E-state index in [2.05, 4.69) is 5.32 Å². The standard InChI is InChI=1S/C14H19NO5/c1-19-14-10(7-11(17)12(8-16)20-14)15-13(18)9-5-3-2-4-6-9/h2-6,10-12,14,16-17H,7-8H2,1H3,(H,15,18)/t10-,11+,12-,14+/m1/s1. The van der Waals surface area contributed by atoms with E-state index in [-0.39, 0.29) is 18.9 Å². The maximum Gasteiger partial charge on any atom is 0.251 e. The molecule has 1 aliphatic heterocycles. The number of ether oxygens (including phenoxy) is 2. The summed E-state index contributed by atoms with van der Waals surface area (Å²) in [5.74, 6) is -0.254. The van der Waals surface area contributed by atoms with Crippen LogP contribution in [-0.4, -0.2) is 54.4 Å². The van der Waals surface area contributed by atoms with Crippen LogP contribution in [0.3, 0.4) is 0 Å². The second-order valence-corrected chi connectivity index (χ2v) is 4.71. The van der Waals surface area contributed by atoms with E-state index in [4.69, 9.17) is 14.6 Å². The Morgan fingerprint density at radius 2 is 2.15 bits per heavy atom. The van der Waals surface area contributed by atoms with Crippen molar-refractivity contribution < 1.29 is 24.5 Å². The quantitative estimate of drug-likeness (QED) is 0.717. The van der Waals surface area contributed by atoms with Crippen molar-refractivity contribution in [2.24, 2.45) is 0 Å². The first-order chi connectivity index (χ1) is 9.65. The molecule has 1 fully saturated rings. The van der Waals surface area contributed by atoms with E-state index in [9.17, 15) is 9.90 Å². The van der Waals surface area contributed by atoms with Crippen LogP contribution in [-0.2, 0) is 9.47 Å². The van der Waals surface area contributed by atoms with Crippen molar-refractivity contribution in [1.29, 1.82) is 0 Å². The smallest absolute Gasteiger partial charge is 0.251 e. The number of hydrogen-bond acceptors (Lipinski definition) is 5. The number of aliphatic hydroxyl groups is 2. The summed E-state index contributed by atoms with van der Waals surface area (Å²) >= 11 is 0. The van der Waals surface area contributed by atoms with Gasteiger partial charge in [0.05, 0.1) is 18.8 Å². The van der Waals surface area contributed by atoms with Crippen molar-refractivity contribution >= 4 is 5.91 Å². The molecule has 1 aliphatic rings. The molecular formula is C14H19NO5. The number of methoxy groups -OCH3 is 1. The molecule has 20 heavy (non-hydrogen) atoms. The highest BCUT2D eigenvalue weighted by Gasteiger charge is 2.37. The number of carbonyl (C=O) groups is 1. The van der Waals surface area contributed by atoms with Gasteiger partial charge in [0, 0.05) is 19.1 Å². The molecule has 1 aromatic carbocycles. The van der Waals surface area contributed by atoms with Gasteiger partial charge in [-0.15, -0.1) is 0 Å². The Bertz CT molecular complexity index is 438. The van der Waals surface area contributed by atoms with Gasteiger partial charge in [0.2, 0.25) is 0 Å². The largest absolute Gasteiger partial charge is 0.394 e. The summed E-state index contributed by atoms with van der Waals surface area (Å²) < 4.78 is 10.6. The third-order valence-electron chi connectivity index (χ3n) is 3.33. The van der Waals surface area contributed by atoms with E-state index in [1.807, 2.05) is 6.07 Å². The van der Waals surface area contributed by atoms with Crippen molar-refractivity contribution in [3.05, 3.63) is 35.9 Å². The molecule has 0 spiro atoms. The molecular weight excluding hydrogens is 262 g/mol. The Hall–Kier alpha value is -1.47. The van der Waals surface area contributed by atoms with Gasteiger partial charge in [-0.05, 0) is 12.1 Å². The molecule has 1 heterocycles. The van der Waals surface area contributed by atoms with Crippen LogP contribution in [0.2, 0.25) is 0 Å². The summed E-state index contributed by atoms with van der Waals surface area (Å²) in [5, 5.41) is 21.7. The number of hydrogen-bond donors (Lipinski definition) is 3. The molecule has 110 valence electrons. The number of amides is 1. The van der Waals surface area contributed by atoms with Crippen LogP contribution < -0.4 is 5.32 Å². The minimum atomic E-state index is -0.840. The minimum Gasteiger partial charge on any atom is -0.394 e. The summed E-state index contributed by atoms with van der Waals surface area (Å²) in [6.45, 7) is -0.291. The molecule has 4 atom stereocenters. The first-order valence-corrected chi connectivity index (χ1v) is 6.48. The van der Waals surface area contributed by atoms with Crippen LogP contribution in [0.15, 0.2) is 30.3 Å². The fourth-order valence-electron chi connectivity index (χ4n) is 2.23. The Morgan fingerprint density at radius 1 is 1.45 bits per heavy atom. The van der Waals surface area contributed by atoms with Crippen molar-refractivity contribution in [2.45, 2.75) is 31.0 Å². The average molecular weight is 281 g/mol. The molecule has 1 aromatic rings. The second kappa shape index (κ2) is 6.81. The zero-order valence-corrected chi connectivity index (χ0v) is 11.2. The second-order valence-electron chi connectivity index (χ2n) is 4.71. The number of carbonyl (C=O) groups excluding carboxylic acids is 1. The van der Waals surface area contributed by atoms with Crippen LogP contribution in [0, 0.1) is 0 Å². The van der Waals surface area contributed by atoms with Gasteiger partial charge in [0.15, 0.2) is 6.29 Å². The molecule has 3 N–H and O–H groups in total. The van der Waals surface area contributed by atoms with E-state index < -0.39 is 24.5 Å². The van der Waals surface area contributed by atoms with Crippen LogP contribution in [0.5, 0.6) is 0 Å². The normalized spacial score (nSPS) is 29.9. The monoisotopic (exact) mass is 281 g/mol. The van der Waals surface area contributed by atoms with Gasteiger partial charge in [-0.25, -0.2) is 0 Å². The molecule has 6 nitrogen and oxygen atoms in total. The minimum absolute atomic E-state index is 0.254. The topological polar surface area (TPSA) is 88.0 Å². The zero-order valence-electron chi connectivity index (χ0n) is 11.2. The number of rotatable bonds is 4. The molecule has 0 radical (unpaired) electrons. The third kappa shape index (κ3) is 3.34. The molecule has 6 heteroatoms. The zero-order chi connectivity index (χ0) is 14.5. The van der Waals surface area contributed by atoms with Crippen LogP contribution in [0.25, 0.3) is 0 Å². The molecule has 0 aromatic heterocycles. The SMILES string of the molecule is CO[C@H]1O[C@H](CO)[C@@H](O)C[C@H]1NC(=O)c1ccccc1. The van der Waals surface area contributed by atoms with Gasteiger partial charge < -0.3 is 25.0 Å². The molecule has 1 amide bonds. The molecule has 0 bridgehead atoms.